The van der Waals surface area contributed by atoms with Gasteiger partial charge in [0.15, 0.2) is 5.65 Å². The van der Waals surface area contributed by atoms with Crippen LogP contribution in [0.25, 0.3) is 5.65 Å². The van der Waals surface area contributed by atoms with Crippen molar-refractivity contribution >= 4 is 23.2 Å². The van der Waals surface area contributed by atoms with E-state index in [4.69, 9.17) is 15.5 Å². The fourth-order valence-electron chi connectivity index (χ4n) is 8.18. The summed E-state index contributed by atoms with van der Waals surface area (Å²) in [6.45, 7) is 10.8. The highest BCUT2D eigenvalue weighted by Crippen LogP contribution is 2.39. The summed E-state index contributed by atoms with van der Waals surface area (Å²) in [6, 6.07) is 16.3. The molecule has 2 aliphatic carbocycles. The van der Waals surface area contributed by atoms with E-state index in [1.807, 2.05) is 51.2 Å². The molecule has 4 aromatic rings. The summed E-state index contributed by atoms with van der Waals surface area (Å²) in [7, 11) is 0. The lowest BCUT2D eigenvalue weighted by molar-refractivity contribution is 0.171. The number of nitrogens with two attached hydrogens (primary N) is 1. The molecule has 1 unspecified atom stereocenters. The first-order valence-corrected chi connectivity index (χ1v) is 20.2. The topological polar surface area (TPSA) is 122 Å². The normalized spacial score (nSPS) is 22.9. The number of allylic oxidation sites excluding steroid dienone is 1. The zero-order chi connectivity index (χ0) is 38.5. The smallest absolute Gasteiger partial charge is 0.320 e. The summed E-state index contributed by atoms with van der Waals surface area (Å²) in [5.41, 5.74) is 10.7. The van der Waals surface area contributed by atoms with E-state index >= 15 is 0 Å². The number of rotatable bonds is 8. The molecule has 292 valence electrons. The molecule has 1 aliphatic heterocycles. The van der Waals surface area contributed by atoms with Crippen molar-refractivity contribution in [1.82, 2.24) is 30.1 Å². The highest BCUT2D eigenvalue weighted by atomic mass is 19.1. The van der Waals surface area contributed by atoms with Crippen molar-refractivity contribution in [2.75, 3.05) is 13.1 Å². The lowest BCUT2D eigenvalue weighted by Gasteiger charge is -2.32. The first kappa shape index (κ1) is 38.5. The predicted molar refractivity (Wildman–Crippen MR) is 216 cm³/mol. The van der Waals surface area contributed by atoms with Crippen LogP contribution in [0.15, 0.2) is 77.6 Å². The van der Waals surface area contributed by atoms with Gasteiger partial charge in [-0.05, 0) is 99.0 Å². The number of amides is 2. The third kappa shape index (κ3) is 9.55. The summed E-state index contributed by atoms with van der Waals surface area (Å²) in [4.78, 5) is 20.7. The molecule has 2 aromatic carbocycles. The van der Waals surface area contributed by atoms with Crippen LogP contribution in [0.1, 0.15) is 132 Å². The maximum atomic E-state index is 14.8. The second-order valence-corrected chi connectivity index (χ2v) is 16.9. The van der Waals surface area contributed by atoms with Gasteiger partial charge in [-0.1, -0.05) is 77.6 Å². The average molecular weight is 749 g/mol. The van der Waals surface area contributed by atoms with Crippen molar-refractivity contribution in [2.45, 2.75) is 117 Å². The van der Waals surface area contributed by atoms with Crippen molar-refractivity contribution in [3.05, 3.63) is 101 Å². The molecule has 10 nitrogen and oxygen atoms in total. The van der Waals surface area contributed by atoms with Gasteiger partial charge in [0, 0.05) is 35.2 Å². The van der Waals surface area contributed by atoms with E-state index in [1.165, 1.54) is 31.7 Å². The highest BCUT2D eigenvalue weighted by Gasteiger charge is 2.30. The molecule has 55 heavy (non-hydrogen) atoms. The minimum absolute atomic E-state index is 0.184. The number of likely N-dealkylation sites (tertiary alicyclic amines) is 1. The van der Waals surface area contributed by atoms with Gasteiger partial charge in [-0.2, -0.15) is 0 Å². The molecule has 2 fully saturated rings. The number of urea groups is 1. The SMILES string of the molecule is C[C@H]1CCCCC(c2nnc3ccc(O[C@@H]4CC[C@H](NC(=O)NC(C=C(N)C(C)(C)C)=Nc5ccc(F)c(CN6CCCC6)c5)c5ccccc54)cn23)CC1. The number of nitrogens with one attached hydrogen (secondary N) is 2. The van der Waals surface area contributed by atoms with Crippen molar-refractivity contribution in [3.8, 4) is 5.75 Å². The molecule has 3 aliphatic rings. The maximum absolute atomic E-state index is 14.8. The van der Waals surface area contributed by atoms with Crippen molar-refractivity contribution in [1.29, 1.82) is 0 Å². The van der Waals surface area contributed by atoms with Gasteiger partial charge in [0.05, 0.1) is 17.9 Å². The molecule has 7 rings (SSSR count). The number of hydrogen-bond acceptors (Lipinski definition) is 7. The van der Waals surface area contributed by atoms with E-state index in [-0.39, 0.29) is 29.2 Å². The second-order valence-electron chi connectivity index (χ2n) is 16.9. The van der Waals surface area contributed by atoms with Crippen LogP contribution in [0.3, 0.4) is 0 Å². The molecule has 4 atom stereocenters. The van der Waals surface area contributed by atoms with E-state index in [0.717, 1.165) is 73.0 Å². The third-order valence-corrected chi connectivity index (χ3v) is 11.6. The van der Waals surface area contributed by atoms with Gasteiger partial charge in [0.25, 0.3) is 0 Å². The largest absolute Gasteiger partial charge is 0.484 e. The van der Waals surface area contributed by atoms with Crippen molar-refractivity contribution in [2.24, 2.45) is 22.1 Å². The molecule has 4 N–H and O–H groups in total. The van der Waals surface area contributed by atoms with Gasteiger partial charge in [0.2, 0.25) is 0 Å². The van der Waals surface area contributed by atoms with Gasteiger partial charge < -0.3 is 15.8 Å². The molecule has 0 bridgehead atoms. The lowest BCUT2D eigenvalue weighted by Crippen LogP contribution is -2.42. The number of halogens is 1. The van der Waals surface area contributed by atoms with Gasteiger partial charge in [-0.15, -0.1) is 10.2 Å². The molecule has 1 saturated carbocycles. The Hall–Kier alpha value is -4.77. The first-order valence-electron chi connectivity index (χ1n) is 20.2. The minimum atomic E-state index is -0.399. The Morgan fingerprint density at radius 2 is 1.75 bits per heavy atom. The number of aromatic nitrogens is 3. The minimum Gasteiger partial charge on any atom is -0.484 e. The molecule has 0 spiro atoms. The Balaban J connectivity index is 1.07. The fraction of sp³-hybridized carbons (Fsp3) is 0.500. The molecular weight excluding hydrogens is 692 g/mol. The predicted octanol–water partition coefficient (Wildman–Crippen LogP) is 9.41. The van der Waals surface area contributed by atoms with Crippen LogP contribution in [-0.4, -0.2) is 44.5 Å². The molecule has 2 aromatic heterocycles. The number of pyridine rings is 1. The average Bonchev–Trinajstić information content (AvgIpc) is 3.82. The number of benzene rings is 2. The van der Waals surface area contributed by atoms with Gasteiger partial charge in [-0.3, -0.25) is 14.6 Å². The Morgan fingerprint density at radius 1 is 0.964 bits per heavy atom. The quantitative estimate of drug-likeness (QED) is 0.122. The highest BCUT2D eigenvalue weighted by molar-refractivity contribution is 6.05. The molecule has 1 saturated heterocycles. The van der Waals surface area contributed by atoms with Crippen LogP contribution in [0.2, 0.25) is 0 Å². The number of ether oxygens (including phenoxy) is 1. The maximum Gasteiger partial charge on any atom is 0.320 e. The van der Waals surface area contributed by atoms with Crippen LogP contribution in [0.5, 0.6) is 5.75 Å². The molecule has 0 radical (unpaired) electrons. The van der Waals surface area contributed by atoms with Crippen LogP contribution >= 0.6 is 0 Å². The number of nitrogens with zero attached hydrogens (tertiary/aromatic N) is 5. The monoisotopic (exact) mass is 748 g/mol. The van der Waals surface area contributed by atoms with E-state index in [1.54, 1.807) is 18.2 Å². The second kappa shape index (κ2) is 16.9. The number of carbonyl (C=O) groups is 1. The van der Waals surface area contributed by atoms with E-state index < -0.39 is 6.03 Å². The van der Waals surface area contributed by atoms with Crippen molar-refractivity contribution in [3.63, 3.8) is 0 Å². The first-order chi connectivity index (χ1) is 26.5. The van der Waals surface area contributed by atoms with E-state index in [9.17, 15) is 9.18 Å². The molecule has 11 heteroatoms. The Morgan fingerprint density at radius 3 is 2.55 bits per heavy atom. The standard InChI is InChI=1S/C44H57FN8O2/c1-29-11-5-6-12-30(16-15-29)42-51-50-41-22-18-33(28-53(41)42)55-38-21-20-37(34-13-7-8-14-35(34)38)48-43(54)49-40(26-39(46)44(2,3)4)47-32-17-19-36(45)31(25-32)27-52-23-9-10-24-52/h7-8,13-14,17-19,22,25-26,28-30,37-38H,5-6,9-12,15-16,20-21,23-24,27,46H2,1-4H3,(H2,47,48,49,54)/t29-,30?,37-,38+/m0/s1. The molecular formula is C44H57FN8O2. The van der Waals surface area contributed by atoms with Crippen LogP contribution in [0, 0.1) is 17.2 Å². The number of amidine groups is 1. The fourth-order valence-corrected chi connectivity index (χ4v) is 8.18. The summed E-state index contributed by atoms with van der Waals surface area (Å²) in [5, 5.41) is 15.3. The summed E-state index contributed by atoms with van der Waals surface area (Å²) in [5.74, 6) is 2.95. The van der Waals surface area contributed by atoms with Crippen LogP contribution < -0.4 is 21.1 Å². The van der Waals surface area contributed by atoms with E-state index in [0.29, 0.717) is 42.3 Å². The number of aliphatic imine (C=N–C) groups is 1. The number of carbonyl (C=O) groups excluding carboxylic acids is 1. The van der Waals surface area contributed by atoms with Gasteiger partial charge >= 0.3 is 6.03 Å². The summed E-state index contributed by atoms with van der Waals surface area (Å²) in [6.07, 6.45) is 14.5. The Bertz CT molecular complexity index is 2030. The molecule has 3 heterocycles. The third-order valence-electron chi connectivity index (χ3n) is 11.6. The van der Waals surface area contributed by atoms with Crippen LogP contribution in [-0.2, 0) is 6.54 Å². The number of fused-ring (bicyclic) bond motifs is 2. The zero-order valence-electron chi connectivity index (χ0n) is 32.9. The van der Waals surface area contributed by atoms with Crippen molar-refractivity contribution < 1.29 is 13.9 Å². The van der Waals surface area contributed by atoms with E-state index in [2.05, 4.69) is 49.2 Å². The van der Waals surface area contributed by atoms with Crippen LogP contribution in [0.4, 0.5) is 14.9 Å². The molecule has 2 amide bonds. The zero-order valence-corrected chi connectivity index (χ0v) is 32.9. The summed E-state index contributed by atoms with van der Waals surface area (Å²) < 4.78 is 23.7. The Kier molecular flexibility index (Phi) is 11.9. The number of hydrogen-bond donors (Lipinski definition) is 3. The summed E-state index contributed by atoms with van der Waals surface area (Å²) >= 11 is 0. The lowest BCUT2D eigenvalue weighted by atomic mass is 9.85. The van der Waals surface area contributed by atoms with Gasteiger partial charge in [-0.25, -0.2) is 14.2 Å². The Labute approximate surface area is 324 Å². The van der Waals surface area contributed by atoms with Gasteiger partial charge in [0.1, 0.15) is 29.3 Å².